The Hall–Kier alpha value is -1.22. The van der Waals surface area contributed by atoms with Crippen LogP contribution in [-0.2, 0) is 12.8 Å². The average Bonchev–Trinajstić information content (AvgIpc) is 3.10. The van der Waals surface area contributed by atoms with E-state index in [9.17, 15) is 0 Å². The molecule has 0 spiro atoms. The highest BCUT2D eigenvalue weighted by Gasteiger charge is 2.19. The Morgan fingerprint density at radius 2 is 1.62 bits per heavy atom. The third-order valence-corrected chi connectivity index (χ3v) is 6.55. The summed E-state index contributed by atoms with van der Waals surface area (Å²) in [6.45, 7) is 4.53. The summed E-state index contributed by atoms with van der Waals surface area (Å²) in [5.74, 6) is 1.96. The van der Waals surface area contributed by atoms with Gasteiger partial charge in [-0.1, -0.05) is 81.6 Å². The standard InChI is InChI=1S/C21H30N2S/c1-3-5-20-22-23-21(24-20)19-14-12-18(13-15-19)11-10-17-8-6-16(4-2)7-9-17/h12-17H,3-11H2,1-2H3/t16-,17-. The Morgan fingerprint density at radius 3 is 2.29 bits per heavy atom. The van der Waals surface area contributed by atoms with Crippen molar-refractivity contribution < 1.29 is 0 Å². The van der Waals surface area contributed by atoms with E-state index < -0.39 is 0 Å². The molecule has 0 aliphatic heterocycles. The van der Waals surface area contributed by atoms with Crippen molar-refractivity contribution >= 4 is 11.3 Å². The first-order valence-electron chi connectivity index (χ1n) is 9.70. The highest BCUT2D eigenvalue weighted by Crippen LogP contribution is 2.33. The molecule has 0 radical (unpaired) electrons. The van der Waals surface area contributed by atoms with Crippen molar-refractivity contribution in [2.75, 3.05) is 0 Å². The summed E-state index contributed by atoms with van der Waals surface area (Å²) >= 11 is 1.73. The van der Waals surface area contributed by atoms with E-state index in [1.54, 1.807) is 11.3 Å². The molecular weight excluding hydrogens is 312 g/mol. The second-order valence-corrected chi connectivity index (χ2v) is 8.34. The number of nitrogens with zero attached hydrogens (tertiary/aromatic N) is 2. The fourth-order valence-electron chi connectivity index (χ4n) is 3.80. The SMILES string of the molecule is CCCc1nnc(-c2ccc(CC[C@H]3CC[C@H](CC)CC3)cc2)s1. The first-order chi connectivity index (χ1) is 11.8. The Bertz CT molecular complexity index is 609. The van der Waals surface area contributed by atoms with E-state index in [1.165, 1.54) is 56.1 Å². The van der Waals surface area contributed by atoms with Crippen LogP contribution in [0, 0.1) is 11.8 Å². The van der Waals surface area contributed by atoms with Crippen molar-refractivity contribution in [1.29, 1.82) is 0 Å². The molecular formula is C21H30N2S. The van der Waals surface area contributed by atoms with Gasteiger partial charge in [-0.05, 0) is 36.7 Å². The predicted molar refractivity (Wildman–Crippen MR) is 103 cm³/mol. The van der Waals surface area contributed by atoms with E-state index in [4.69, 9.17) is 0 Å². The van der Waals surface area contributed by atoms with Gasteiger partial charge in [-0.2, -0.15) is 0 Å². The van der Waals surface area contributed by atoms with E-state index in [-0.39, 0.29) is 0 Å². The molecule has 0 unspecified atom stereocenters. The lowest BCUT2D eigenvalue weighted by atomic mass is 9.78. The maximum Gasteiger partial charge on any atom is 0.147 e. The summed E-state index contributed by atoms with van der Waals surface area (Å²) < 4.78 is 0. The van der Waals surface area contributed by atoms with Gasteiger partial charge in [0.05, 0.1) is 0 Å². The van der Waals surface area contributed by atoms with Crippen LogP contribution >= 0.6 is 11.3 Å². The average molecular weight is 343 g/mol. The number of aryl methyl sites for hydroxylation is 2. The van der Waals surface area contributed by atoms with Crippen LogP contribution in [0.3, 0.4) is 0 Å². The van der Waals surface area contributed by atoms with Crippen LogP contribution in [0.4, 0.5) is 0 Å². The first kappa shape index (κ1) is 17.6. The van der Waals surface area contributed by atoms with Gasteiger partial charge in [0.2, 0.25) is 0 Å². The molecule has 2 nitrogen and oxygen atoms in total. The molecule has 0 amide bonds. The highest BCUT2D eigenvalue weighted by atomic mass is 32.1. The second kappa shape index (κ2) is 8.75. The molecule has 1 aliphatic rings. The Morgan fingerprint density at radius 1 is 0.917 bits per heavy atom. The van der Waals surface area contributed by atoms with Gasteiger partial charge in [0, 0.05) is 12.0 Å². The van der Waals surface area contributed by atoms with Gasteiger partial charge in [0.15, 0.2) is 0 Å². The van der Waals surface area contributed by atoms with Gasteiger partial charge in [-0.3, -0.25) is 0 Å². The lowest BCUT2D eigenvalue weighted by Gasteiger charge is -2.27. The Kier molecular flexibility index (Phi) is 6.42. The van der Waals surface area contributed by atoms with Gasteiger partial charge in [0.25, 0.3) is 0 Å². The van der Waals surface area contributed by atoms with Crippen LogP contribution in [-0.4, -0.2) is 10.2 Å². The Balaban J connectivity index is 1.51. The fraction of sp³-hybridized carbons (Fsp3) is 0.619. The van der Waals surface area contributed by atoms with Crippen LogP contribution in [0.5, 0.6) is 0 Å². The van der Waals surface area contributed by atoms with Crippen molar-refractivity contribution in [3.63, 3.8) is 0 Å². The maximum atomic E-state index is 4.34. The minimum Gasteiger partial charge on any atom is -0.143 e. The summed E-state index contributed by atoms with van der Waals surface area (Å²) in [4.78, 5) is 0. The number of benzene rings is 1. The number of hydrogen-bond acceptors (Lipinski definition) is 3. The molecule has 1 aliphatic carbocycles. The Labute approximate surface area is 150 Å². The zero-order valence-electron chi connectivity index (χ0n) is 15.1. The zero-order valence-corrected chi connectivity index (χ0v) is 15.9. The van der Waals surface area contributed by atoms with Crippen molar-refractivity contribution in [3.8, 4) is 10.6 Å². The topological polar surface area (TPSA) is 25.8 Å². The van der Waals surface area contributed by atoms with Crippen LogP contribution in [0.2, 0.25) is 0 Å². The van der Waals surface area contributed by atoms with Gasteiger partial charge < -0.3 is 0 Å². The lowest BCUT2D eigenvalue weighted by molar-refractivity contribution is 0.259. The molecule has 0 atom stereocenters. The summed E-state index contributed by atoms with van der Waals surface area (Å²) in [5, 5.41) is 10.8. The number of hydrogen-bond donors (Lipinski definition) is 0. The molecule has 1 aromatic heterocycles. The normalized spacial score (nSPS) is 21.1. The molecule has 1 aromatic carbocycles. The predicted octanol–water partition coefficient (Wildman–Crippen LogP) is 6.31. The molecule has 2 aromatic rings. The first-order valence-corrected chi connectivity index (χ1v) is 10.5. The summed E-state index contributed by atoms with van der Waals surface area (Å²) in [6.07, 6.45) is 11.9. The summed E-state index contributed by atoms with van der Waals surface area (Å²) in [6, 6.07) is 9.01. The third-order valence-electron chi connectivity index (χ3n) is 5.52. The van der Waals surface area contributed by atoms with E-state index in [0.717, 1.165) is 34.7 Å². The van der Waals surface area contributed by atoms with E-state index in [1.807, 2.05) is 0 Å². The number of aromatic nitrogens is 2. The van der Waals surface area contributed by atoms with Crippen LogP contribution in [0.1, 0.15) is 69.4 Å². The fourth-order valence-corrected chi connectivity index (χ4v) is 4.74. The molecule has 3 heteroatoms. The van der Waals surface area contributed by atoms with Gasteiger partial charge in [-0.15, -0.1) is 10.2 Å². The molecule has 1 heterocycles. The molecule has 3 rings (SSSR count). The molecule has 0 N–H and O–H groups in total. The quantitative estimate of drug-likeness (QED) is 0.589. The van der Waals surface area contributed by atoms with Crippen molar-refractivity contribution in [2.45, 2.75) is 71.6 Å². The zero-order chi connectivity index (χ0) is 16.8. The van der Waals surface area contributed by atoms with Gasteiger partial charge in [-0.25, -0.2) is 0 Å². The molecule has 1 fully saturated rings. The molecule has 0 bridgehead atoms. The van der Waals surface area contributed by atoms with Crippen molar-refractivity contribution in [2.24, 2.45) is 11.8 Å². The minimum absolute atomic E-state index is 0.951. The van der Waals surface area contributed by atoms with Crippen molar-refractivity contribution in [1.82, 2.24) is 10.2 Å². The van der Waals surface area contributed by atoms with E-state index in [2.05, 4.69) is 48.3 Å². The summed E-state index contributed by atoms with van der Waals surface area (Å²) in [5.41, 5.74) is 2.68. The van der Waals surface area contributed by atoms with E-state index >= 15 is 0 Å². The molecule has 1 saturated carbocycles. The van der Waals surface area contributed by atoms with Crippen LogP contribution in [0.15, 0.2) is 24.3 Å². The monoisotopic (exact) mass is 342 g/mol. The van der Waals surface area contributed by atoms with Gasteiger partial charge in [0.1, 0.15) is 10.0 Å². The van der Waals surface area contributed by atoms with E-state index in [0.29, 0.717) is 0 Å². The smallest absolute Gasteiger partial charge is 0.143 e. The minimum atomic E-state index is 0.951. The second-order valence-electron chi connectivity index (χ2n) is 7.28. The molecule has 130 valence electrons. The summed E-state index contributed by atoms with van der Waals surface area (Å²) in [7, 11) is 0. The van der Waals surface area contributed by atoms with Crippen molar-refractivity contribution in [3.05, 3.63) is 34.8 Å². The van der Waals surface area contributed by atoms with Crippen LogP contribution < -0.4 is 0 Å². The van der Waals surface area contributed by atoms with Gasteiger partial charge >= 0.3 is 0 Å². The lowest BCUT2D eigenvalue weighted by Crippen LogP contribution is -2.14. The number of rotatable bonds is 7. The molecule has 24 heavy (non-hydrogen) atoms. The largest absolute Gasteiger partial charge is 0.147 e. The maximum absolute atomic E-state index is 4.34. The third kappa shape index (κ3) is 4.66. The van der Waals surface area contributed by atoms with Crippen LogP contribution in [0.25, 0.3) is 10.6 Å². The highest BCUT2D eigenvalue weighted by molar-refractivity contribution is 7.14. The molecule has 0 saturated heterocycles.